The van der Waals surface area contributed by atoms with Crippen LogP contribution in [-0.4, -0.2) is 30.5 Å². The van der Waals surface area contributed by atoms with Gasteiger partial charge in [-0.1, -0.05) is 18.2 Å². The number of aryl methyl sites for hydroxylation is 1. The van der Waals surface area contributed by atoms with Crippen LogP contribution in [-0.2, 0) is 11.3 Å². The van der Waals surface area contributed by atoms with E-state index in [1.807, 2.05) is 55.6 Å². The van der Waals surface area contributed by atoms with Crippen molar-refractivity contribution in [3.8, 4) is 16.9 Å². The van der Waals surface area contributed by atoms with Gasteiger partial charge in [-0.15, -0.1) is 0 Å². The van der Waals surface area contributed by atoms with E-state index in [2.05, 4.69) is 20.5 Å². The molecule has 0 saturated heterocycles. The van der Waals surface area contributed by atoms with Crippen molar-refractivity contribution in [2.75, 3.05) is 11.1 Å². The van der Waals surface area contributed by atoms with Gasteiger partial charge in [-0.25, -0.2) is 4.98 Å². The van der Waals surface area contributed by atoms with Crippen molar-refractivity contribution in [1.29, 1.82) is 0 Å². The molecule has 4 aromatic rings. The summed E-state index contributed by atoms with van der Waals surface area (Å²) in [5, 5.41) is 11.5. The SMILES string of the molecule is Cc1cc(NC(=O)Cn2cc(-c3cccc(N)c3)cn2)n(-c2ccccn2)n1. The number of aromatic nitrogens is 5. The molecule has 3 aromatic heterocycles. The highest BCUT2D eigenvalue weighted by molar-refractivity contribution is 5.90. The van der Waals surface area contributed by atoms with E-state index in [4.69, 9.17) is 5.73 Å². The molecule has 0 aliphatic heterocycles. The lowest BCUT2D eigenvalue weighted by Gasteiger charge is -2.08. The number of benzene rings is 1. The van der Waals surface area contributed by atoms with E-state index < -0.39 is 0 Å². The largest absolute Gasteiger partial charge is 0.399 e. The second-order valence-corrected chi connectivity index (χ2v) is 6.37. The summed E-state index contributed by atoms with van der Waals surface area (Å²) < 4.78 is 3.19. The van der Waals surface area contributed by atoms with Gasteiger partial charge in [-0.2, -0.15) is 14.9 Å². The molecule has 8 nitrogen and oxygen atoms in total. The first-order valence-electron chi connectivity index (χ1n) is 8.75. The highest BCUT2D eigenvalue weighted by Crippen LogP contribution is 2.21. The number of nitrogens with one attached hydrogen (secondary N) is 1. The first-order chi connectivity index (χ1) is 13.6. The zero-order valence-corrected chi connectivity index (χ0v) is 15.3. The van der Waals surface area contributed by atoms with Crippen molar-refractivity contribution in [1.82, 2.24) is 24.5 Å². The van der Waals surface area contributed by atoms with Crippen LogP contribution < -0.4 is 11.1 Å². The van der Waals surface area contributed by atoms with Gasteiger partial charge in [0.25, 0.3) is 0 Å². The van der Waals surface area contributed by atoms with E-state index in [-0.39, 0.29) is 12.5 Å². The molecule has 0 bridgehead atoms. The summed E-state index contributed by atoms with van der Waals surface area (Å²) in [6.07, 6.45) is 5.21. The minimum Gasteiger partial charge on any atom is -0.399 e. The third kappa shape index (κ3) is 3.75. The highest BCUT2D eigenvalue weighted by atomic mass is 16.2. The Morgan fingerprint density at radius 2 is 2.04 bits per heavy atom. The number of hydrogen-bond acceptors (Lipinski definition) is 5. The summed E-state index contributed by atoms with van der Waals surface area (Å²) in [6.45, 7) is 1.94. The minimum atomic E-state index is -0.209. The van der Waals surface area contributed by atoms with E-state index in [1.165, 1.54) is 0 Å². The molecule has 3 N–H and O–H groups in total. The van der Waals surface area contributed by atoms with E-state index in [1.54, 1.807) is 27.8 Å². The molecule has 1 aromatic carbocycles. The lowest BCUT2D eigenvalue weighted by molar-refractivity contribution is -0.116. The first kappa shape index (κ1) is 17.5. The molecule has 3 heterocycles. The molecule has 0 radical (unpaired) electrons. The normalized spacial score (nSPS) is 10.8. The van der Waals surface area contributed by atoms with E-state index in [0.29, 0.717) is 17.3 Å². The van der Waals surface area contributed by atoms with Crippen molar-refractivity contribution in [3.05, 3.63) is 72.8 Å². The summed E-state index contributed by atoms with van der Waals surface area (Å²) in [5.74, 6) is 0.984. The van der Waals surface area contributed by atoms with Crippen molar-refractivity contribution in [3.63, 3.8) is 0 Å². The maximum absolute atomic E-state index is 12.5. The topological polar surface area (TPSA) is 104 Å². The number of hydrogen-bond donors (Lipinski definition) is 2. The number of amides is 1. The van der Waals surface area contributed by atoms with Crippen molar-refractivity contribution in [2.24, 2.45) is 0 Å². The quantitative estimate of drug-likeness (QED) is 0.524. The van der Waals surface area contributed by atoms with Gasteiger partial charge < -0.3 is 11.1 Å². The molecular weight excluding hydrogens is 354 g/mol. The maximum atomic E-state index is 12.5. The Kier molecular flexibility index (Phi) is 4.59. The van der Waals surface area contributed by atoms with Gasteiger partial charge in [0.05, 0.1) is 11.9 Å². The third-order valence-electron chi connectivity index (χ3n) is 4.12. The van der Waals surface area contributed by atoms with Gasteiger partial charge in [0, 0.05) is 29.7 Å². The van der Waals surface area contributed by atoms with Crippen LogP contribution >= 0.6 is 0 Å². The van der Waals surface area contributed by atoms with Gasteiger partial charge in [-0.05, 0) is 36.8 Å². The zero-order chi connectivity index (χ0) is 19.5. The molecule has 140 valence electrons. The van der Waals surface area contributed by atoms with Crippen LogP contribution in [0.2, 0.25) is 0 Å². The molecule has 0 fully saturated rings. The minimum absolute atomic E-state index is 0.0781. The maximum Gasteiger partial charge on any atom is 0.247 e. The molecule has 0 unspecified atom stereocenters. The molecule has 8 heteroatoms. The number of carbonyl (C=O) groups excluding carboxylic acids is 1. The number of pyridine rings is 1. The number of carbonyl (C=O) groups is 1. The second kappa shape index (κ2) is 7.36. The molecule has 0 spiro atoms. The molecule has 0 aliphatic rings. The van der Waals surface area contributed by atoms with Gasteiger partial charge in [0.1, 0.15) is 12.4 Å². The predicted octanol–water partition coefficient (Wildman–Crippen LogP) is 2.66. The van der Waals surface area contributed by atoms with Crippen molar-refractivity contribution >= 4 is 17.4 Å². The molecule has 1 amide bonds. The third-order valence-corrected chi connectivity index (χ3v) is 4.12. The van der Waals surface area contributed by atoms with Gasteiger partial charge in [-0.3, -0.25) is 9.48 Å². The van der Waals surface area contributed by atoms with Crippen LogP contribution in [0.4, 0.5) is 11.5 Å². The second-order valence-electron chi connectivity index (χ2n) is 6.37. The molecule has 0 saturated carbocycles. The molecule has 0 atom stereocenters. The van der Waals surface area contributed by atoms with E-state index in [9.17, 15) is 4.79 Å². The van der Waals surface area contributed by atoms with Crippen LogP contribution in [0.25, 0.3) is 16.9 Å². The first-order valence-corrected chi connectivity index (χ1v) is 8.75. The number of nitrogens with two attached hydrogens (primary N) is 1. The van der Waals surface area contributed by atoms with E-state index >= 15 is 0 Å². The number of rotatable bonds is 5. The summed E-state index contributed by atoms with van der Waals surface area (Å²) in [7, 11) is 0. The smallest absolute Gasteiger partial charge is 0.247 e. The Hall–Kier alpha value is -3.94. The lowest BCUT2D eigenvalue weighted by atomic mass is 10.1. The molecule has 28 heavy (non-hydrogen) atoms. The number of nitrogens with zero attached hydrogens (tertiary/aromatic N) is 5. The van der Waals surface area contributed by atoms with Crippen LogP contribution in [0.15, 0.2) is 67.1 Å². The van der Waals surface area contributed by atoms with Crippen LogP contribution in [0.5, 0.6) is 0 Å². The summed E-state index contributed by atoms with van der Waals surface area (Å²) in [5.41, 5.74) is 9.14. The zero-order valence-electron chi connectivity index (χ0n) is 15.3. The van der Waals surface area contributed by atoms with Gasteiger partial charge in [0.15, 0.2) is 5.82 Å². The van der Waals surface area contributed by atoms with Gasteiger partial charge in [0.2, 0.25) is 5.91 Å². The fourth-order valence-electron chi connectivity index (χ4n) is 2.89. The average molecular weight is 373 g/mol. The Bertz CT molecular complexity index is 1110. The number of nitrogen functional groups attached to an aromatic ring is 1. The Labute approximate surface area is 161 Å². The van der Waals surface area contributed by atoms with E-state index in [0.717, 1.165) is 16.8 Å². The Morgan fingerprint density at radius 1 is 1.14 bits per heavy atom. The molecule has 0 aliphatic carbocycles. The summed E-state index contributed by atoms with van der Waals surface area (Å²) >= 11 is 0. The van der Waals surface area contributed by atoms with Crippen LogP contribution in [0.3, 0.4) is 0 Å². The van der Waals surface area contributed by atoms with Crippen LogP contribution in [0.1, 0.15) is 5.69 Å². The number of anilines is 2. The van der Waals surface area contributed by atoms with Crippen LogP contribution in [0, 0.1) is 6.92 Å². The van der Waals surface area contributed by atoms with Crippen molar-refractivity contribution < 1.29 is 4.79 Å². The Balaban J connectivity index is 1.49. The summed E-state index contributed by atoms with van der Waals surface area (Å²) in [4.78, 5) is 16.8. The standard InChI is InChI=1S/C20H19N7O/c1-14-9-19(27(25-14)18-7-2-3-8-22-18)24-20(28)13-26-12-16(11-23-26)15-5-4-6-17(21)10-15/h2-12H,13,21H2,1H3,(H,24,28). The fraction of sp³-hybridized carbons (Fsp3) is 0.100. The highest BCUT2D eigenvalue weighted by Gasteiger charge is 2.13. The summed E-state index contributed by atoms with van der Waals surface area (Å²) in [6, 6.07) is 14.9. The molecule has 4 rings (SSSR count). The monoisotopic (exact) mass is 373 g/mol. The lowest BCUT2D eigenvalue weighted by Crippen LogP contribution is -2.21. The average Bonchev–Trinajstić information content (AvgIpc) is 3.29. The predicted molar refractivity (Wildman–Crippen MR) is 107 cm³/mol. The Morgan fingerprint density at radius 3 is 2.82 bits per heavy atom. The van der Waals surface area contributed by atoms with Crippen molar-refractivity contribution in [2.45, 2.75) is 13.5 Å². The fourth-order valence-corrected chi connectivity index (χ4v) is 2.89. The molecular formula is C20H19N7O. The van der Waals surface area contributed by atoms with Gasteiger partial charge >= 0.3 is 0 Å².